The Hall–Kier alpha value is -0.240. The van der Waals surface area contributed by atoms with E-state index in [1.54, 1.807) is 6.07 Å². The second-order valence-corrected chi connectivity index (χ2v) is 3.81. The van der Waals surface area contributed by atoms with Crippen molar-refractivity contribution >= 4 is 23.2 Å². The van der Waals surface area contributed by atoms with Crippen molar-refractivity contribution in [2.75, 3.05) is 6.61 Å². The number of rotatable bonds is 2. The van der Waals surface area contributed by atoms with E-state index in [9.17, 15) is 0 Å². The maximum absolute atomic E-state index is 5.83. The van der Waals surface area contributed by atoms with Gasteiger partial charge in [0.15, 0.2) is 0 Å². The highest BCUT2D eigenvalue weighted by Crippen LogP contribution is 2.23. The number of hydrogen-bond acceptors (Lipinski definition) is 1. The van der Waals surface area contributed by atoms with Crippen molar-refractivity contribution in [3.8, 4) is 0 Å². The number of hydrogen-bond donors (Lipinski definition) is 0. The minimum absolute atomic E-state index is 0.388. The van der Waals surface area contributed by atoms with Crippen molar-refractivity contribution in [1.29, 1.82) is 0 Å². The fourth-order valence-electron chi connectivity index (χ4n) is 1.18. The molecule has 0 saturated carbocycles. The van der Waals surface area contributed by atoms with Gasteiger partial charge in [0.25, 0.3) is 0 Å². The molecule has 1 aliphatic rings. The molecular formula is C9H8Cl2O. The van der Waals surface area contributed by atoms with Crippen molar-refractivity contribution in [2.24, 2.45) is 0 Å². The van der Waals surface area contributed by atoms with E-state index in [4.69, 9.17) is 27.9 Å². The van der Waals surface area contributed by atoms with Gasteiger partial charge in [0, 0.05) is 16.5 Å². The molecular weight excluding hydrogens is 195 g/mol. The second-order valence-electron chi connectivity index (χ2n) is 2.94. The van der Waals surface area contributed by atoms with Gasteiger partial charge >= 0.3 is 0 Å². The van der Waals surface area contributed by atoms with Crippen molar-refractivity contribution in [1.82, 2.24) is 0 Å². The van der Waals surface area contributed by atoms with Crippen LogP contribution >= 0.6 is 23.2 Å². The Morgan fingerprint density at radius 2 is 1.83 bits per heavy atom. The average Bonchev–Trinajstić information content (AvgIpc) is 2.68. The minimum atomic E-state index is 0.388. The lowest BCUT2D eigenvalue weighted by Gasteiger charge is -1.99. The van der Waals surface area contributed by atoms with Gasteiger partial charge in [-0.15, -0.1) is 0 Å². The molecule has 1 saturated heterocycles. The first-order chi connectivity index (χ1) is 5.74. The van der Waals surface area contributed by atoms with Crippen molar-refractivity contribution in [3.05, 3.63) is 33.8 Å². The van der Waals surface area contributed by atoms with Crippen LogP contribution in [-0.4, -0.2) is 12.7 Å². The highest BCUT2D eigenvalue weighted by atomic mass is 35.5. The van der Waals surface area contributed by atoms with E-state index in [2.05, 4.69) is 0 Å². The van der Waals surface area contributed by atoms with Crippen LogP contribution in [0.5, 0.6) is 0 Å². The Morgan fingerprint density at radius 3 is 2.33 bits per heavy atom. The first-order valence-electron chi connectivity index (χ1n) is 3.80. The molecule has 0 aromatic heterocycles. The molecule has 3 heteroatoms. The average molecular weight is 203 g/mol. The van der Waals surface area contributed by atoms with Crippen LogP contribution < -0.4 is 0 Å². The highest BCUT2D eigenvalue weighted by molar-refractivity contribution is 6.34. The van der Waals surface area contributed by atoms with E-state index < -0.39 is 0 Å². The molecule has 0 N–H and O–H groups in total. The first kappa shape index (κ1) is 8.36. The smallest absolute Gasteiger partial charge is 0.0850 e. The summed E-state index contributed by atoms with van der Waals surface area (Å²) in [5.41, 5.74) is 1.15. The molecule has 1 aliphatic heterocycles. The molecule has 0 spiro atoms. The van der Waals surface area contributed by atoms with Crippen LogP contribution in [0.3, 0.4) is 0 Å². The zero-order valence-electron chi connectivity index (χ0n) is 6.39. The lowest BCUT2D eigenvalue weighted by Crippen LogP contribution is -1.92. The largest absolute Gasteiger partial charge is 0.373 e. The maximum atomic E-state index is 5.83. The van der Waals surface area contributed by atoms with Gasteiger partial charge in [-0.3, -0.25) is 0 Å². The van der Waals surface area contributed by atoms with E-state index in [0.717, 1.165) is 18.6 Å². The van der Waals surface area contributed by atoms with Gasteiger partial charge in [0.05, 0.1) is 12.7 Å². The zero-order chi connectivity index (χ0) is 8.55. The SMILES string of the molecule is Clc1cc(Cl)cc(CC2CO2)c1. The number of halogens is 2. The van der Waals surface area contributed by atoms with E-state index in [1.807, 2.05) is 12.1 Å². The molecule has 0 aliphatic carbocycles. The van der Waals surface area contributed by atoms with Crippen LogP contribution in [0.4, 0.5) is 0 Å². The van der Waals surface area contributed by atoms with Crippen molar-refractivity contribution in [3.63, 3.8) is 0 Å². The predicted octanol–water partition coefficient (Wildman–Crippen LogP) is 2.93. The molecule has 0 amide bonds. The van der Waals surface area contributed by atoms with Crippen LogP contribution in [0.1, 0.15) is 5.56 Å². The molecule has 64 valence electrons. The van der Waals surface area contributed by atoms with E-state index in [0.29, 0.717) is 16.1 Å². The fourth-order valence-corrected chi connectivity index (χ4v) is 1.75. The van der Waals surface area contributed by atoms with Crippen LogP contribution in [0.2, 0.25) is 10.0 Å². The van der Waals surface area contributed by atoms with Crippen LogP contribution in [0.25, 0.3) is 0 Å². The van der Waals surface area contributed by atoms with Gasteiger partial charge in [-0.25, -0.2) is 0 Å². The normalized spacial score (nSPS) is 21.0. The zero-order valence-corrected chi connectivity index (χ0v) is 7.90. The monoisotopic (exact) mass is 202 g/mol. The maximum Gasteiger partial charge on any atom is 0.0850 e. The van der Waals surface area contributed by atoms with Gasteiger partial charge < -0.3 is 4.74 Å². The standard InChI is InChI=1S/C9H8Cl2O/c10-7-1-6(2-8(11)4-7)3-9-5-12-9/h1-2,4,9H,3,5H2. The lowest BCUT2D eigenvalue weighted by atomic mass is 10.1. The summed E-state index contributed by atoms with van der Waals surface area (Å²) in [5.74, 6) is 0. The lowest BCUT2D eigenvalue weighted by molar-refractivity contribution is 0.407. The summed E-state index contributed by atoms with van der Waals surface area (Å²) in [6.07, 6.45) is 1.31. The Bertz CT molecular complexity index is 274. The fraction of sp³-hybridized carbons (Fsp3) is 0.333. The highest BCUT2D eigenvalue weighted by Gasteiger charge is 2.22. The quantitative estimate of drug-likeness (QED) is 0.673. The van der Waals surface area contributed by atoms with Crippen LogP contribution in [0, 0.1) is 0 Å². The Balaban J connectivity index is 2.18. The third kappa shape index (κ3) is 2.13. The first-order valence-corrected chi connectivity index (χ1v) is 4.56. The summed E-state index contributed by atoms with van der Waals surface area (Å²) in [6, 6.07) is 5.59. The van der Waals surface area contributed by atoms with Gasteiger partial charge in [-0.05, 0) is 23.8 Å². The van der Waals surface area contributed by atoms with Gasteiger partial charge in [-0.2, -0.15) is 0 Å². The second kappa shape index (κ2) is 3.25. The molecule has 1 aromatic carbocycles. The Kier molecular flexibility index (Phi) is 2.26. The Labute approximate surface area is 81.2 Å². The molecule has 1 aromatic rings. The molecule has 0 bridgehead atoms. The molecule has 1 fully saturated rings. The summed E-state index contributed by atoms with van der Waals surface area (Å²) in [6.45, 7) is 0.865. The summed E-state index contributed by atoms with van der Waals surface area (Å²) >= 11 is 11.7. The van der Waals surface area contributed by atoms with Gasteiger partial charge in [0.2, 0.25) is 0 Å². The molecule has 0 radical (unpaired) electrons. The van der Waals surface area contributed by atoms with Crippen LogP contribution in [0.15, 0.2) is 18.2 Å². The molecule has 1 nitrogen and oxygen atoms in total. The van der Waals surface area contributed by atoms with Crippen molar-refractivity contribution < 1.29 is 4.74 Å². The molecule has 1 heterocycles. The van der Waals surface area contributed by atoms with Gasteiger partial charge in [-0.1, -0.05) is 23.2 Å². The van der Waals surface area contributed by atoms with Crippen molar-refractivity contribution in [2.45, 2.75) is 12.5 Å². The summed E-state index contributed by atoms with van der Waals surface area (Å²) in [4.78, 5) is 0. The van der Waals surface area contributed by atoms with E-state index in [1.165, 1.54) is 0 Å². The van der Waals surface area contributed by atoms with Crippen LogP contribution in [-0.2, 0) is 11.2 Å². The molecule has 2 rings (SSSR count). The predicted molar refractivity (Wildman–Crippen MR) is 49.9 cm³/mol. The summed E-state index contributed by atoms with van der Waals surface area (Å²) in [5, 5.41) is 1.39. The molecule has 1 atom stereocenters. The van der Waals surface area contributed by atoms with E-state index >= 15 is 0 Å². The Morgan fingerprint density at radius 1 is 1.25 bits per heavy atom. The third-order valence-electron chi connectivity index (χ3n) is 1.79. The molecule has 1 unspecified atom stereocenters. The minimum Gasteiger partial charge on any atom is -0.373 e. The van der Waals surface area contributed by atoms with E-state index in [-0.39, 0.29) is 0 Å². The van der Waals surface area contributed by atoms with Gasteiger partial charge in [0.1, 0.15) is 0 Å². The molecule has 12 heavy (non-hydrogen) atoms. The number of ether oxygens (including phenoxy) is 1. The number of epoxide rings is 1. The summed E-state index contributed by atoms with van der Waals surface area (Å²) < 4.78 is 5.11. The number of benzene rings is 1. The summed E-state index contributed by atoms with van der Waals surface area (Å²) in [7, 11) is 0. The topological polar surface area (TPSA) is 12.5 Å². The third-order valence-corrected chi connectivity index (χ3v) is 2.22.